The molecular weight excluding hydrogens is 456 g/mol. The van der Waals surface area contributed by atoms with E-state index in [0.717, 1.165) is 19.3 Å². The quantitative estimate of drug-likeness (QED) is 0.403. The number of hydrogen-bond donors (Lipinski definition) is 3. The van der Waals surface area contributed by atoms with Crippen LogP contribution in [-0.2, 0) is 14.3 Å². The minimum atomic E-state index is -1.15. The van der Waals surface area contributed by atoms with Gasteiger partial charge in [-0.1, -0.05) is 6.42 Å². The van der Waals surface area contributed by atoms with Crippen molar-refractivity contribution >= 4 is 18.1 Å². The van der Waals surface area contributed by atoms with Gasteiger partial charge < -0.3 is 34.6 Å². The number of aldehydes is 1. The number of carbonyl (C=O) groups is 3. The average Bonchev–Trinajstić information content (AvgIpc) is 3.22. The van der Waals surface area contributed by atoms with Crippen molar-refractivity contribution < 1.29 is 38.8 Å². The van der Waals surface area contributed by atoms with Crippen LogP contribution in [0.4, 0.5) is 0 Å². The number of nitrogens with zero attached hydrogens (tertiary/aromatic N) is 1. The van der Waals surface area contributed by atoms with Crippen LogP contribution in [0.3, 0.4) is 0 Å². The first-order chi connectivity index (χ1) is 16.9. The van der Waals surface area contributed by atoms with E-state index in [1.54, 1.807) is 17.0 Å². The van der Waals surface area contributed by atoms with Gasteiger partial charge in [0.15, 0.2) is 11.5 Å². The highest BCUT2D eigenvalue weighted by atomic mass is 16.5. The van der Waals surface area contributed by atoms with E-state index in [1.807, 2.05) is 0 Å². The van der Waals surface area contributed by atoms with Crippen LogP contribution >= 0.6 is 0 Å². The summed E-state index contributed by atoms with van der Waals surface area (Å²) in [6, 6.07) is 2.34. The van der Waals surface area contributed by atoms with Gasteiger partial charge in [0.1, 0.15) is 18.5 Å². The van der Waals surface area contributed by atoms with Gasteiger partial charge in [0.2, 0.25) is 11.8 Å². The maximum atomic E-state index is 13.3. The second kappa shape index (κ2) is 10.8. The highest BCUT2D eigenvalue weighted by molar-refractivity contribution is 5.96. The highest BCUT2D eigenvalue weighted by Crippen LogP contribution is 2.51. The van der Waals surface area contributed by atoms with Gasteiger partial charge in [-0.3, -0.25) is 14.4 Å². The Morgan fingerprint density at radius 2 is 2.06 bits per heavy atom. The molecule has 1 heterocycles. The monoisotopic (exact) mass is 488 g/mol. The molecular formula is C25H32N2O8. The molecule has 3 aliphatic rings. The van der Waals surface area contributed by atoms with Crippen LogP contribution in [0, 0.1) is 5.92 Å². The van der Waals surface area contributed by atoms with E-state index in [4.69, 9.17) is 14.2 Å². The summed E-state index contributed by atoms with van der Waals surface area (Å²) in [4.78, 5) is 39.7. The third-order valence-corrected chi connectivity index (χ3v) is 7.04. The zero-order valence-corrected chi connectivity index (χ0v) is 19.9. The number of methoxy groups -OCH3 is 2. The second-order valence-electron chi connectivity index (χ2n) is 9.05. The van der Waals surface area contributed by atoms with Crippen molar-refractivity contribution in [2.24, 2.45) is 5.92 Å². The number of carbonyl (C=O) groups excluding carboxylic acids is 3. The second-order valence-corrected chi connectivity index (χ2v) is 9.05. The third-order valence-electron chi connectivity index (χ3n) is 7.04. The summed E-state index contributed by atoms with van der Waals surface area (Å²) in [6.45, 7) is 0.321. The molecule has 0 radical (unpaired) electrons. The molecule has 0 spiro atoms. The molecule has 4 atom stereocenters. The van der Waals surface area contributed by atoms with Crippen LogP contribution in [0.15, 0.2) is 23.8 Å². The first-order valence-electron chi connectivity index (χ1n) is 11.9. The van der Waals surface area contributed by atoms with Gasteiger partial charge in [-0.15, -0.1) is 0 Å². The molecule has 1 saturated carbocycles. The van der Waals surface area contributed by atoms with Crippen molar-refractivity contribution in [2.75, 3.05) is 40.5 Å². The first-order valence-corrected chi connectivity index (χ1v) is 11.9. The molecule has 1 aliphatic heterocycles. The Kier molecular flexibility index (Phi) is 7.73. The molecule has 3 N–H and O–H groups in total. The van der Waals surface area contributed by atoms with Gasteiger partial charge in [0, 0.05) is 42.8 Å². The third kappa shape index (κ3) is 4.65. The fourth-order valence-electron chi connectivity index (χ4n) is 5.04. The Morgan fingerprint density at radius 1 is 1.29 bits per heavy atom. The molecule has 2 amide bonds. The first kappa shape index (κ1) is 25.2. The lowest BCUT2D eigenvalue weighted by atomic mass is 9.76. The van der Waals surface area contributed by atoms with E-state index >= 15 is 0 Å². The number of ether oxygens (including phenoxy) is 3. The van der Waals surface area contributed by atoms with Gasteiger partial charge >= 0.3 is 0 Å². The lowest BCUT2D eigenvalue weighted by molar-refractivity contribution is -0.144. The summed E-state index contributed by atoms with van der Waals surface area (Å²) in [7, 11) is 2.99. The van der Waals surface area contributed by atoms with Crippen LogP contribution < -0.4 is 14.8 Å². The molecule has 2 aliphatic carbocycles. The normalized spacial score (nSPS) is 24.9. The van der Waals surface area contributed by atoms with Crippen molar-refractivity contribution in [3.8, 4) is 11.5 Å². The maximum Gasteiger partial charge on any atom is 0.247 e. The number of rotatable bonds is 10. The van der Waals surface area contributed by atoms with Gasteiger partial charge in [0.25, 0.3) is 0 Å². The summed E-state index contributed by atoms with van der Waals surface area (Å²) in [5.74, 6) is -0.665. The molecule has 0 bridgehead atoms. The van der Waals surface area contributed by atoms with E-state index < -0.39 is 30.1 Å². The van der Waals surface area contributed by atoms with Crippen LogP contribution in [0.25, 0.3) is 0 Å². The Balaban J connectivity index is 1.78. The highest BCUT2D eigenvalue weighted by Gasteiger charge is 2.52. The number of amides is 2. The van der Waals surface area contributed by atoms with Crippen molar-refractivity contribution in [3.05, 3.63) is 34.9 Å². The SMILES string of the molecule is COCCN(C(=O)C1CCC1)[C@@H]1C=C(C(=O)NCCO)[C@@H]2c3cc(C=O)cc(OC)c3O[C@@H]2[C@H]1O. The maximum absolute atomic E-state index is 13.3. The Labute approximate surface area is 203 Å². The molecule has 1 aromatic rings. The van der Waals surface area contributed by atoms with Crippen LogP contribution in [0.2, 0.25) is 0 Å². The number of fused-ring (bicyclic) bond motifs is 3. The summed E-state index contributed by atoms with van der Waals surface area (Å²) in [5.41, 5.74) is 1.19. The van der Waals surface area contributed by atoms with Gasteiger partial charge in [0.05, 0.1) is 32.3 Å². The van der Waals surface area contributed by atoms with E-state index in [9.17, 15) is 24.6 Å². The minimum absolute atomic E-state index is 0.0422. The molecule has 0 saturated heterocycles. The number of aliphatic hydroxyl groups is 2. The molecule has 190 valence electrons. The minimum Gasteiger partial charge on any atom is -0.493 e. The molecule has 0 aromatic heterocycles. The molecule has 10 heteroatoms. The number of nitrogens with one attached hydrogen (secondary N) is 1. The lowest BCUT2D eigenvalue weighted by Gasteiger charge is -2.42. The predicted molar refractivity (Wildman–Crippen MR) is 124 cm³/mol. The summed E-state index contributed by atoms with van der Waals surface area (Å²) in [5, 5.41) is 23.4. The lowest BCUT2D eigenvalue weighted by Crippen LogP contribution is -2.57. The van der Waals surface area contributed by atoms with Gasteiger partial charge in [-0.2, -0.15) is 0 Å². The molecule has 4 rings (SSSR count). The average molecular weight is 489 g/mol. The summed E-state index contributed by atoms with van der Waals surface area (Å²) >= 11 is 0. The van der Waals surface area contributed by atoms with E-state index in [-0.39, 0.29) is 38.1 Å². The fourth-order valence-corrected chi connectivity index (χ4v) is 5.04. The zero-order chi connectivity index (χ0) is 25.1. The molecule has 35 heavy (non-hydrogen) atoms. The van der Waals surface area contributed by atoms with Crippen LogP contribution in [-0.4, -0.2) is 92.0 Å². The molecule has 0 unspecified atom stereocenters. The largest absolute Gasteiger partial charge is 0.493 e. The fraction of sp³-hybridized carbons (Fsp3) is 0.560. The molecule has 1 fully saturated rings. The van der Waals surface area contributed by atoms with Crippen molar-refractivity contribution in [3.63, 3.8) is 0 Å². The van der Waals surface area contributed by atoms with E-state index in [2.05, 4.69) is 5.32 Å². The number of hydrogen-bond acceptors (Lipinski definition) is 8. The smallest absolute Gasteiger partial charge is 0.247 e. The standard InChI is InChI=1S/C25H32N2O8/c1-33-9-7-27(25(32)15-4-3-5-15)18-12-17(24(31)26-6-8-28)20-16-10-14(13-29)11-19(34-2)22(16)35-23(20)21(18)30/h10-13,15,18,20-21,23,28,30H,3-9H2,1-2H3,(H,26,31)/t18-,20+,21+,23+/m1/s1. The zero-order valence-electron chi connectivity index (χ0n) is 19.9. The van der Waals surface area contributed by atoms with E-state index in [0.29, 0.717) is 34.5 Å². The molecule has 1 aromatic carbocycles. The van der Waals surface area contributed by atoms with Crippen LogP contribution in [0.1, 0.15) is 41.1 Å². The van der Waals surface area contributed by atoms with Crippen molar-refractivity contribution in [1.29, 1.82) is 0 Å². The summed E-state index contributed by atoms with van der Waals surface area (Å²) in [6.07, 6.45) is 2.82. The predicted octanol–water partition coefficient (Wildman–Crippen LogP) is 0.405. The van der Waals surface area contributed by atoms with Gasteiger partial charge in [-0.05, 0) is 31.1 Å². The topological polar surface area (TPSA) is 135 Å². The van der Waals surface area contributed by atoms with Gasteiger partial charge in [-0.25, -0.2) is 0 Å². The van der Waals surface area contributed by atoms with Crippen molar-refractivity contribution in [2.45, 2.75) is 43.4 Å². The molecule has 10 nitrogen and oxygen atoms in total. The van der Waals surface area contributed by atoms with Crippen LogP contribution in [0.5, 0.6) is 11.5 Å². The van der Waals surface area contributed by atoms with E-state index in [1.165, 1.54) is 20.3 Å². The van der Waals surface area contributed by atoms with Crippen molar-refractivity contribution in [1.82, 2.24) is 10.2 Å². The Bertz CT molecular complexity index is 1010. The Morgan fingerprint density at radius 3 is 2.66 bits per heavy atom. The summed E-state index contributed by atoms with van der Waals surface area (Å²) < 4.78 is 16.8. The number of aliphatic hydroxyl groups excluding tert-OH is 2. The Hall–Kier alpha value is -2.95. The number of benzene rings is 1.